The molecule has 0 aliphatic carbocycles. The topological polar surface area (TPSA) is 74.3 Å². The summed E-state index contributed by atoms with van der Waals surface area (Å²) >= 11 is 0. The number of pyridine rings is 1. The van der Waals surface area contributed by atoms with Crippen molar-refractivity contribution in [1.29, 1.82) is 0 Å². The van der Waals surface area contributed by atoms with E-state index < -0.39 is 0 Å². The number of nitrogens with one attached hydrogen (secondary N) is 2. The Bertz CT molecular complexity index is 1120. The third-order valence-electron chi connectivity index (χ3n) is 6.38. The lowest BCUT2D eigenvalue weighted by Crippen LogP contribution is -2.41. The first-order chi connectivity index (χ1) is 16.7. The van der Waals surface area contributed by atoms with Gasteiger partial charge in [-0.3, -0.25) is 9.78 Å². The number of likely N-dealkylation sites (tertiary alicyclic amines) is 1. The fraction of sp³-hybridized carbons (Fsp3) is 0.321. The number of fused-ring (bicyclic) bond motifs is 1. The predicted molar refractivity (Wildman–Crippen MR) is 137 cm³/mol. The van der Waals surface area contributed by atoms with Gasteiger partial charge in [0.15, 0.2) is 0 Å². The van der Waals surface area contributed by atoms with Crippen molar-refractivity contribution in [1.82, 2.24) is 15.2 Å². The Morgan fingerprint density at radius 3 is 2.65 bits per heavy atom. The number of carbonyl (C=O) groups is 2. The normalized spacial score (nSPS) is 14.4. The minimum absolute atomic E-state index is 0.0168. The lowest BCUT2D eigenvalue weighted by molar-refractivity contribution is -0.116. The van der Waals surface area contributed by atoms with Crippen LogP contribution in [-0.4, -0.2) is 41.5 Å². The van der Waals surface area contributed by atoms with Crippen molar-refractivity contribution in [3.8, 4) is 0 Å². The molecule has 2 aromatic carbocycles. The van der Waals surface area contributed by atoms with E-state index in [1.54, 1.807) is 24.5 Å². The second kappa shape index (κ2) is 12.0. The van der Waals surface area contributed by atoms with E-state index >= 15 is 0 Å². The molecule has 2 N–H and O–H groups in total. The molecule has 3 aromatic rings. The maximum atomic E-state index is 12.8. The molecule has 0 atom stereocenters. The van der Waals surface area contributed by atoms with Crippen LogP contribution in [0.4, 0.5) is 10.5 Å². The fourth-order valence-corrected chi connectivity index (χ4v) is 4.43. The molecule has 1 fully saturated rings. The summed E-state index contributed by atoms with van der Waals surface area (Å²) in [5.74, 6) is 0.567. The highest BCUT2D eigenvalue weighted by Crippen LogP contribution is 2.25. The molecule has 4 rings (SSSR count). The zero-order valence-corrected chi connectivity index (χ0v) is 19.5. The molecule has 0 bridgehead atoms. The monoisotopic (exact) mass is 456 g/mol. The van der Waals surface area contributed by atoms with Crippen molar-refractivity contribution in [3.63, 3.8) is 0 Å². The summed E-state index contributed by atoms with van der Waals surface area (Å²) < 4.78 is 0. The average Bonchev–Trinajstić information content (AvgIpc) is 2.88. The van der Waals surface area contributed by atoms with Gasteiger partial charge in [-0.1, -0.05) is 55.3 Å². The molecule has 6 heteroatoms. The van der Waals surface area contributed by atoms with Gasteiger partial charge in [-0.15, -0.1) is 0 Å². The molecule has 176 valence electrons. The van der Waals surface area contributed by atoms with E-state index in [1.165, 1.54) is 0 Å². The van der Waals surface area contributed by atoms with Crippen LogP contribution in [-0.2, 0) is 4.79 Å². The van der Waals surface area contributed by atoms with Gasteiger partial charge in [0.2, 0.25) is 5.91 Å². The van der Waals surface area contributed by atoms with Crippen LogP contribution in [0.5, 0.6) is 0 Å². The number of urea groups is 1. The van der Waals surface area contributed by atoms with Gasteiger partial charge in [-0.05, 0) is 54.3 Å². The third kappa shape index (κ3) is 6.67. The number of rotatable bonds is 8. The Hall–Kier alpha value is -3.67. The lowest BCUT2D eigenvalue weighted by Gasteiger charge is -2.32. The zero-order valence-electron chi connectivity index (χ0n) is 19.5. The maximum absolute atomic E-state index is 12.8. The number of hydrogen-bond donors (Lipinski definition) is 2. The van der Waals surface area contributed by atoms with Crippen LogP contribution in [0.15, 0.2) is 73.1 Å². The quantitative estimate of drug-likeness (QED) is 0.348. The van der Waals surface area contributed by atoms with Crippen molar-refractivity contribution in [2.45, 2.75) is 32.1 Å². The highest BCUT2D eigenvalue weighted by Gasteiger charge is 2.22. The van der Waals surface area contributed by atoms with E-state index in [-0.39, 0.29) is 11.9 Å². The SMILES string of the molecule is O=C(/C=C/c1cccnc1)NCCCCC1CCN(C(=O)Nc2cccc3ccccc23)CC1. The second-order valence-corrected chi connectivity index (χ2v) is 8.79. The largest absolute Gasteiger partial charge is 0.353 e. The number of unbranched alkanes of at least 4 members (excludes halogenated alkanes) is 1. The molecular weight excluding hydrogens is 424 g/mol. The summed E-state index contributed by atoms with van der Waals surface area (Å²) in [4.78, 5) is 30.7. The Kier molecular flexibility index (Phi) is 8.27. The second-order valence-electron chi connectivity index (χ2n) is 8.79. The van der Waals surface area contributed by atoms with Gasteiger partial charge in [0, 0.05) is 43.5 Å². The van der Waals surface area contributed by atoms with Gasteiger partial charge < -0.3 is 15.5 Å². The van der Waals surface area contributed by atoms with Gasteiger partial charge >= 0.3 is 6.03 Å². The number of benzene rings is 2. The van der Waals surface area contributed by atoms with Crippen molar-refractivity contribution in [2.24, 2.45) is 5.92 Å². The number of aromatic nitrogens is 1. The van der Waals surface area contributed by atoms with E-state index in [0.29, 0.717) is 12.5 Å². The van der Waals surface area contributed by atoms with Crippen LogP contribution in [0, 0.1) is 5.92 Å². The van der Waals surface area contributed by atoms with Crippen LogP contribution in [0.25, 0.3) is 16.8 Å². The van der Waals surface area contributed by atoms with Crippen LogP contribution < -0.4 is 10.6 Å². The first kappa shape index (κ1) is 23.5. The standard InChI is InChI=1S/C28H32N4O2/c33-27(14-13-23-8-6-17-29-21-23)30-18-4-3-7-22-15-19-32(20-16-22)28(34)31-26-12-5-10-24-9-1-2-11-25(24)26/h1-2,5-6,8-14,17,21-22H,3-4,7,15-16,18-20H2,(H,30,33)(H,31,34)/b14-13+. The molecule has 0 radical (unpaired) electrons. The lowest BCUT2D eigenvalue weighted by atomic mass is 9.91. The van der Waals surface area contributed by atoms with Crippen molar-refractivity contribution >= 4 is 34.5 Å². The zero-order chi connectivity index (χ0) is 23.6. The van der Waals surface area contributed by atoms with Gasteiger partial charge in [-0.2, -0.15) is 0 Å². The molecular formula is C28H32N4O2. The molecule has 1 saturated heterocycles. The summed E-state index contributed by atoms with van der Waals surface area (Å²) in [6.45, 7) is 2.26. The number of amides is 3. The summed E-state index contributed by atoms with van der Waals surface area (Å²) in [5, 5.41) is 8.23. The number of anilines is 1. The van der Waals surface area contributed by atoms with E-state index in [4.69, 9.17) is 0 Å². The predicted octanol–water partition coefficient (Wildman–Crippen LogP) is 5.48. The molecule has 1 aliphatic heterocycles. The maximum Gasteiger partial charge on any atom is 0.321 e. The van der Waals surface area contributed by atoms with Crippen molar-refractivity contribution < 1.29 is 9.59 Å². The first-order valence-electron chi connectivity index (χ1n) is 12.1. The fourth-order valence-electron chi connectivity index (χ4n) is 4.43. The highest BCUT2D eigenvalue weighted by molar-refractivity contribution is 6.01. The smallest absolute Gasteiger partial charge is 0.321 e. The first-order valence-corrected chi connectivity index (χ1v) is 12.1. The molecule has 2 heterocycles. The number of carbonyl (C=O) groups excluding carboxylic acids is 2. The Labute approximate surface area is 201 Å². The summed E-state index contributed by atoms with van der Waals surface area (Å²) in [6.07, 6.45) is 12.0. The van der Waals surface area contributed by atoms with Gasteiger partial charge in [0.25, 0.3) is 0 Å². The Balaban J connectivity index is 1.12. The molecule has 6 nitrogen and oxygen atoms in total. The van der Waals surface area contributed by atoms with Crippen molar-refractivity contribution in [3.05, 3.63) is 78.6 Å². The van der Waals surface area contributed by atoms with E-state index in [2.05, 4.69) is 27.8 Å². The Morgan fingerprint density at radius 1 is 1.00 bits per heavy atom. The molecule has 3 amide bonds. The molecule has 1 aromatic heterocycles. The minimum atomic E-state index is -0.0747. The number of piperidine rings is 1. The van der Waals surface area contributed by atoms with Gasteiger partial charge in [0.1, 0.15) is 0 Å². The van der Waals surface area contributed by atoms with Crippen LogP contribution >= 0.6 is 0 Å². The van der Waals surface area contributed by atoms with E-state index in [0.717, 1.165) is 67.2 Å². The summed E-state index contributed by atoms with van der Waals surface area (Å²) in [5.41, 5.74) is 1.78. The van der Waals surface area contributed by atoms with Crippen molar-refractivity contribution in [2.75, 3.05) is 25.0 Å². The molecule has 0 spiro atoms. The third-order valence-corrected chi connectivity index (χ3v) is 6.38. The van der Waals surface area contributed by atoms with Gasteiger partial charge in [0.05, 0.1) is 5.69 Å². The van der Waals surface area contributed by atoms with E-state index in [9.17, 15) is 9.59 Å². The summed E-state index contributed by atoms with van der Waals surface area (Å²) in [7, 11) is 0. The Morgan fingerprint density at radius 2 is 1.82 bits per heavy atom. The molecule has 0 saturated carbocycles. The average molecular weight is 457 g/mol. The number of nitrogens with zero attached hydrogens (tertiary/aromatic N) is 2. The van der Waals surface area contributed by atoms with Crippen LogP contribution in [0.3, 0.4) is 0 Å². The van der Waals surface area contributed by atoms with Gasteiger partial charge in [-0.25, -0.2) is 4.79 Å². The molecule has 34 heavy (non-hydrogen) atoms. The summed E-state index contributed by atoms with van der Waals surface area (Å²) in [6, 6.07) is 17.8. The highest BCUT2D eigenvalue weighted by atomic mass is 16.2. The van der Waals surface area contributed by atoms with E-state index in [1.807, 2.05) is 47.4 Å². The van der Waals surface area contributed by atoms with Crippen LogP contribution in [0.1, 0.15) is 37.7 Å². The molecule has 0 unspecified atom stereocenters. The molecule has 1 aliphatic rings. The van der Waals surface area contributed by atoms with Crippen LogP contribution in [0.2, 0.25) is 0 Å². The minimum Gasteiger partial charge on any atom is -0.353 e. The number of hydrogen-bond acceptors (Lipinski definition) is 3.